The minimum atomic E-state index is -0.0983. The molecule has 18 heavy (non-hydrogen) atoms. The van der Waals surface area contributed by atoms with Crippen LogP contribution in [0.5, 0.6) is 0 Å². The van der Waals surface area contributed by atoms with Crippen molar-refractivity contribution in [3.05, 3.63) is 65.5 Å². The Balaban J connectivity index is 2.11. The number of carbonyl (C=O) groups is 1. The highest BCUT2D eigenvalue weighted by Crippen LogP contribution is 2.17. The van der Waals surface area contributed by atoms with Crippen LogP contribution in [0.1, 0.15) is 34.5 Å². The summed E-state index contributed by atoms with van der Waals surface area (Å²) in [5.74, 6) is -0.0983. The first-order valence-corrected chi connectivity index (χ1v) is 5.95. The zero-order valence-corrected chi connectivity index (χ0v) is 10.6. The number of rotatable bonds is 3. The lowest BCUT2D eigenvalue weighted by Crippen LogP contribution is -2.27. The largest absolute Gasteiger partial charge is 0.345 e. The Bertz CT molecular complexity index is 537. The highest BCUT2D eigenvalue weighted by Gasteiger charge is 2.12. The number of hydrogen-bond donors (Lipinski definition) is 1. The van der Waals surface area contributed by atoms with E-state index >= 15 is 0 Å². The topological polar surface area (TPSA) is 42.0 Å². The van der Waals surface area contributed by atoms with Gasteiger partial charge in [-0.25, -0.2) is 0 Å². The van der Waals surface area contributed by atoms with Gasteiger partial charge in [-0.2, -0.15) is 0 Å². The third kappa shape index (κ3) is 2.74. The van der Waals surface area contributed by atoms with E-state index in [2.05, 4.69) is 10.3 Å². The van der Waals surface area contributed by atoms with Crippen molar-refractivity contribution in [2.45, 2.75) is 19.9 Å². The van der Waals surface area contributed by atoms with Crippen LogP contribution in [-0.4, -0.2) is 10.9 Å². The van der Waals surface area contributed by atoms with Gasteiger partial charge in [0.15, 0.2) is 0 Å². The summed E-state index contributed by atoms with van der Waals surface area (Å²) in [4.78, 5) is 15.9. The zero-order chi connectivity index (χ0) is 13.0. The number of carbonyl (C=O) groups excluding carboxylic acids is 1. The second-order valence-electron chi connectivity index (χ2n) is 4.29. The van der Waals surface area contributed by atoms with Crippen LogP contribution < -0.4 is 5.32 Å². The Morgan fingerprint density at radius 3 is 2.67 bits per heavy atom. The van der Waals surface area contributed by atoms with E-state index in [-0.39, 0.29) is 11.9 Å². The van der Waals surface area contributed by atoms with Gasteiger partial charge in [0.05, 0.1) is 11.6 Å². The summed E-state index contributed by atoms with van der Waals surface area (Å²) in [7, 11) is 0. The maximum absolute atomic E-state index is 12.0. The quantitative estimate of drug-likeness (QED) is 0.896. The van der Waals surface area contributed by atoms with Crippen LogP contribution >= 0.6 is 0 Å². The Labute approximate surface area is 107 Å². The average molecular weight is 240 g/mol. The molecule has 0 fully saturated rings. The number of nitrogens with zero attached hydrogens (tertiary/aromatic N) is 1. The van der Waals surface area contributed by atoms with E-state index in [9.17, 15) is 4.79 Å². The van der Waals surface area contributed by atoms with Crippen LogP contribution in [0.4, 0.5) is 0 Å². The molecule has 0 aliphatic heterocycles. The van der Waals surface area contributed by atoms with Gasteiger partial charge in [-0.05, 0) is 37.1 Å². The van der Waals surface area contributed by atoms with Crippen LogP contribution in [0.3, 0.4) is 0 Å². The molecule has 3 heteroatoms. The predicted molar refractivity (Wildman–Crippen MR) is 71.3 cm³/mol. The number of aryl methyl sites for hydroxylation is 1. The molecule has 0 saturated heterocycles. The smallest absolute Gasteiger partial charge is 0.253 e. The number of benzene rings is 1. The van der Waals surface area contributed by atoms with E-state index in [1.54, 1.807) is 24.5 Å². The predicted octanol–water partition coefficient (Wildman–Crippen LogP) is 2.88. The van der Waals surface area contributed by atoms with Crippen LogP contribution in [0.15, 0.2) is 48.8 Å². The molecule has 1 aromatic heterocycles. The first-order valence-electron chi connectivity index (χ1n) is 5.95. The minimum Gasteiger partial charge on any atom is -0.345 e. The van der Waals surface area contributed by atoms with Crippen molar-refractivity contribution in [2.75, 3.05) is 0 Å². The molecule has 92 valence electrons. The fourth-order valence-corrected chi connectivity index (χ4v) is 1.93. The third-order valence-electron chi connectivity index (χ3n) is 2.93. The molecule has 0 bridgehead atoms. The van der Waals surface area contributed by atoms with Crippen molar-refractivity contribution >= 4 is 5.91 Å². The van der Waals surface area contributed by atoms with Crippen molar-refractivity contribution in [1.29, 1.82) is 0 Å². The van der Waals surface area contributed by atoms with Crippen LogP contribution in [0, 0.1) is 6.92 Å². The first-order chi connectivity index (χ1) is 8.68. The zero-order valence-electron chi connectivity index (χ0n) is 10.6. The highest BCUT2D eigenvalue weighted by molar-refractivity contribution is 5.94. The molecule has 1 N–H and O–H groups in total. The van der Waals surface area contributed by atoms with Crippen molar-refractivity contribution in [3.8, 4) is 0 Å². The molecular formula is C15H16N2O. The Kier molecular flexibility index (Phi) is 3.72. The van der Waals surface area contributed by atoms with Crippen molar-refractivity contribution in [3.63, 3.8) is 0 Å². The fourth-order valence-electron chi connectivity index (χ4n) is 1.93. The van der Waals surface area contributed by atoms with Gasteiger partial charge in [-0.1, -0.05) is 24.3 Å². The van der Waals surface area contributed by atoms with E-state index in [1.165, 1.54) is 5.56 Å². The summed E-state index contributed by atoms with van der Waals surface area (Å²) in [5, 5.41) is 2.97. The summed E-state index contributed by atoms with van der Waals surface area (Å²) >= 11 is 0. The van der Waals surface area contributed by atoms with Gasteiger partial charge in [0.2, 0.25) is 0 Å². The van der Waals surface area contributed by atoms with Gasteiger partial charge in [0, 0.05) is 12.4 Å². The molecule has 2 aromatic rings. The number of hydrogen-bond acceptors (Lipinski definition) is 2. The molecule has 0 spiro atoms. The molecule has 1 unspecified atom stereocenters. The third-order valence-corrected chi connectivity index (χ3v) is 2.93. The van der Waals surface area contributed by atoms with E-state index in [4.69, 9.17) is 0 Å². The molecule has 1 atom stereocenters. The van der Waals surface area contributed by atoms with Gasteiger partial charge >= 0.3 is 0 Å². The number of amides is 1. The van der Waals surface area contributed by atoms with Gasteiger partial charge in [0.1, 0.15) is 0 Å². The van der Waals surface area contributed by atoms with Gasteiger partial charge in [0.25, 0.3) is 5.91 Å². The number of pyridine rings is 1. The van der Waals surface area contributed by atoms with E-state index in [0.717, 1.165) is 5.56 Å². The first kappa shape index (κ1) is 12.3. The Morgan fingerprint density at radius 1 is 1.22 bits per heavy atom. The molecule has 0 aliphatic rings. The molecule has 1 aromatic carbocycles. The summed E-state index contributed by atoms with van der Waals surface area (Å²) in [5.41, 5.74) is 2.89. The molecule has 0 radical (unpaired) electrons. The van der Waals surface area contributed by atoms with Gasteiger partial charge in [-0.3, -0.25) is 9.78 Å². The normalized spacial score (nSPS) is 11.9. The standard InChI is InChI=1S/C15H16N2O/c1-11-6-3-4-8-14(11)12(2)17-15(18)13-7-5-9-16-10-13/h3-10,12H,1-2H3,(H,17,18). The fraction of sp³-hybridized carbons (Fsp3) is 0.200. The lowest BCUT2D eigenvalue weighted by molar-refractivity contribution is 0.0939. The van der Waals surface area contributed by atoms with Crippen molar-refractivity contribution in [2.24, 2.45) is 0 Å². The van der Waals surface area contributed by atoms with E-state index in [1.807, 2.05) is 38.1 Å². The van der Waals surface area contributed by atoms with Gasteiger partial charge in [-0.15, -0.1) is 0 Å². The van der Waals surface area contributed by atoms with Crippen LogP contribution in [-0.2, 0) is 0 Å². The number of nitrogens with one attached hydrogen (secondary N) is 1. The summed E-state index contributed by atoms with van der Waals surface area (Å²) in [6.07, 6.45) is 3.22. The molecule has 0 saturated carbocycles. The monoisotopic (exact) mass is 240 g/mol. The Hall–Kier alpha value is -2.16. The van der Waals surface area contributed by atoms with Crippen LogP contribution in [0.25, 0.3) is 0 Å². The van der Waals surface area contributed by atoms with E-state index < -0.39 is 0 Å². The lowest BCUT2D eigenvalue weighted by Gasteiger charge is -2.16. The molecule has 3 nitrogen and oxygen atoms in total. The summed E-state index contributed by atoms with van der Waals surface area (Å²) in [6, 6.07) is 11.5. The van der Waals surface area contributed by atoms with Crippen molar-refractivity contribution < 1.29 is 4.79 Å². The second kappa shape index (κ2) is 5.45. The SMILES string of the molecule is Cc1ccccc1C(C)NC(=O)c1cccnc1. The van der Waals surface area contributed by atoms with Crippen LogP contribution in [0.2, 0.25) is 0 Å². The highest BCUT2D eigenvalue weighted by atomic mass is 16.1. The number of aromatic nitrogens is 1. The van der Waals surface area contributed by atoms with E-state index in [0.29, 0.717) is 5.56 Å². The average Bonchev–Trinajstić information content (AvgIpc) is 2.40. The second-order valence-corrected chi connectivity index (χ2v) is 4.29. The molecule has 2 rings (SSSR count). The van der Waals surface area contributed by atoms with Crippen molar-refractivity contribution in [1.82, 2.24) is 10.3 Å². The molecule has 1 heterocycles. The molecule has 0 aliphatic carbocycles. The minimum absolute atomic E-state index is 0.0149. The molecule has 1 amide bonds. The molecular weight excluding hydrogens is 224 g/mol. The van der Waals surface area contributed by atoms with Gasteiger partial charge < -0.3 is 5.32 Å². The lowest BCUT2D eigenvalue weighted by atomic mass is 10.0. The summed E-state index contributed by atoms with van der Waals surface area (Å²) in [6.45, 7) is 4.03. The maximum Gasteiger partial charge on any atom is 0.253 e. The summed E-state index contributed by atoms with van der Waals surface area (Å²) < 4.78 is 0. The maximum atomic E-state index is 12.0. The Morgan fingerprint density at radius 2 is 2.00 bits per heavy atom.